The third kappa shape index (κ3) is 4.32. The molecular formula is C20H17ClN4O3. The maximum atomic E-state index is 12.3. The SMILES string of the molecule is O=C(Nc1ccc2c(c1)OCO2)c1ccc(NCCc2ccc(Cl)cc2)nn1. The first-order valence-corrected chi connectivity index (χ1v) is 9.08. The number of ether oxygens (including phenoxy) is 2. The lowest BCUT2D eigenvalue weighted by Gasteiger charge is -2.07. The number of carbonyl (C=O) groups excluding carboxylic acids is 1. The van der Waals surface area contributed by atoms with E-state index in [9.17, 15) is 4.79 Å². The van der Waals surface area contributed by atoms with E-state index in [4.69, 9.17) is 21.1 Å². The largest absolute Gasteiger partial charge is 0.454 e. The molecule has 0 fully saturated rings. The van der Waals surface area contributed by atoms with Crippen LogP contribution in [0.5, 0.6) is 11.5 Å². The van der Waals surface area contributed by atoms with Crippen LogP contribution in [-0.2, 0) is 6.42 Å². The zero-order valence-corrected chi connectivity index (χ0v) is 15.6. The van der Waals surface area contributed by atoms with E-state index in [0.29, 0.717) is 29.5 Å². The molecular weight excluding hydrogens is 380 g/mol. The number of aromatic nitrogens is 2. The highest BCUT2D eigenvalue weighted by atomic mass is 35.5. The molecule has 0 aliphatic carbocycles. The third-order valence-corrected chi connectivity index (χ3v) is 4.41. The number of halogens is 1. The van der Waals surface area contributed by atoms with Crippen LogP contribution in [0.2, 0.25) is 5.02 Å². The second-order valence-electron chi connectivity index (χ2n) is 6.13. The van der Waals surface area contributed by atoms with Gasteiger partial charge in [-0.05, 0) is 48.4 Å². The molecule has 1 aliphatic rings. The molecule has 1 amide bonds. The van der Waals surface area contributed by atoms with Crippen molar-refractivity contribution in [2.24, 2.45) is 0 Å². The second-order valence-corrected chi connectivity index (χ2v) is 6.57. The molecule has 0 atom stereocenters. The average Bonchev–Trinajstić information content (AvgIpc) is 3.18. The molecule has 0 saturated carbocycles. The Kier molecular flexibility index (Phi) is 5.25. The van der Waals surface area contributed by atoms with Gasteiger partial charge in [0.1, 0.15) is 5.82 Å². The predicted molar refractivity (Wildman–Crippen MR) is 106 cm³/mol. The fraction of sp³-hybridized carbons (Fsp3) is 0.150. The van der Waals surface area contributed by atoms with Crippen molar-refractivity contribution < 1.29 is 14.3 Å². The summed E-state index contributed by atoms with van der Waals surface area (Å²) in [6, 6.07) is 16.2. The van der Waals surface area contributed by atoms with Gasteiger partial charge >= 0.3 is 0 Å². The molecule has 2 aromatic carbocycles. The van der Waals surface area contributed by atoms with Crippen LogP contribution in [0.25, 0.3) is 0 Å². The van der Waals surface area contributed by atoms with Gasteiger partial charge in [-0.25, -0.2) is 0 Å². The van der Waals surface area contributed by atoms with E-state index in [-0.39, 0.29) is 18.4 Å². The van der Waals surface area contributed by atoms with Gasteiger partial charge in [-0.3, -0.25) is 4.79 Å². The first kappa shape index (κ1) is 18.1. The fourth-order valence-corrected chi connectivity index (χ4v) is 2.83. The third-order valence-electron chi connectivity index (χ3n) is 4.16. The van der Waals surface area contributed by atoms with Gasteiger partial charge in [0.2, 0.25) is 6.79 Å². The lowest BCUT2D eigenvalue weighted by molar-refractivity contribution is 0.102. The second kappa shape index (κ2) is 8.14. The molecule has 1 aliphatic heterocycles. The molecule has 0 unspecified atom stereocenters. The van der Waals surface area contributed by atoms with E-state index in [2.05, 4.69) is 20.8 Å². The Morgan fingerprint density at radius 1 is 1.00 bits per heavy atom. The Hall–Kier alpha value is -3.32. The Labute approximate surface area is 166 Å². The van der Waals surface area contributed by atoms with Gasteiger partial charge in [0, 0.05) is 23.3 Å². The van der Waals surface area contributed by atoms with Crippen LogP contribution >= 0.6 is 11.6 Å². The van der Waals surface area contributed by atoms with Crippen molar-refractivity contribution in [3.05, 3.63) is 70.9 Å². The topological polar surface area (TPSA) is 85.4 Å². The Morgan fingerprint density at radius 2 is 1.82 bits per heavy atom. The first-order valence-electron chi connectivity index (χ1n) is 8.70. The van der Waals surface area contributed by atoms with Crippen LogP contribution in [0.15, 0.2) is 54.6 Å². The summed E-state index contributed by atoms with van der Waals surface area (Å²) in [7, 11) is 0. The van der Waals surface area contributed by atoms with Crippen LogP contribution in [-0.4, -0.2) is 29.4 Å². The van der Waals surface area contributed by atoms with E-state index in [1.165, 1.54) is 5.56 Å². The highest BCUT2D eigenvalue weighted by Gasteiger charge is 2.15. The molecule has 28 heavy (non-hydrogen) atoms. The standard InChI is InChI=1S/C20H17ClN4O3/c21-14-3-1-13(2-4-14)9-10-22-19-8-6-16(24-25-19)20(26)23-15-5-7-17-18(11-15)28-12-27-17/h1-8,11H,9-10,12H2,(H,22,25)(H,23,26). The molecule has 7 nitrogen and oxygen atoms in total. The zero-order valence-electron chi connectivity index (χ0n) is 14.8. The summed E-state index contributed by atoms with van der Waals surface area (Å²) in [6.07, 6.45) is 0.825. The smallest absolute Gasteiger partial charge is 0.276 e. The van der Waals surface area contributed by atoms with Crippen LogP contribution in [0.1, 0.15) is 16.1 Å². The number of hydrogen-bond donors (Lipinski definition) is 2. The number of amides is 1. The summed E-state index contributed by atoms with van der Waals surface area (Å²) in [5.41, 5.74) is 1.99. The predicted octanol–water partition coefficient (Wildman–Crippen LogP) is 3.77. The maximum absolute atomic E-state index is 12.3. The van der Waals surface area contributed by atoms with Gasteiger partial charge < -0.3 is 20.1 Å². The molecule has 0 bridgehead atoms. The van der Waals surface area contributed by atoms with Crippen LogP contribution < -0.4 is 20.1 Å². The number of anilines is 2. The summed E-state index contributed by atoms with van der Waals surface area (Å²) < 4.78 is 10.6. The number of benzene rings is 2. The minimum absolute atomic E-state index is 0.185. The zero-order chi connectivity index (χ0) is 19.3. The summed E-state index contributed by atoms with van der Waals surface area (Å²) in [4.78, 5) is 12.3. The number of fused-ring (bicyclic) bond motifs is 1. The van der Waals surface area contributed by atoms with Crippen molar-refractivity contribution in [1.29, 1.82) is 0 Å². The number of carbonyl (C=O) groups is 1. The van der Waals surface area contributed by atoms with Crippen molar-refractivity contribution in [3.63, 3.8) is 0 Å². The number of nitrogens with one attached hydrogen (secondary N) is 2. The molecule has 1 aromatic heterocycles. The monoisotopic (exact) mass is 396 g/mol. The van der Waals surface area contributed by atoms with Crippen LogP contribution in [0.3, 0.4) is 0 Å². The molecule has 4 rings (SSSR count). The van der Waals surface area contributed by atoms with Crippen LogP contribution in [0, 0.1) is 0 Å². The Morgan fingerprint density at radius 3 is 2.61 bits per heavy atom. The van der Waals surface area contributed by atoms with E-state index < -0.39 is 0 Å². The molecule has 8 heteroatoms. The van der Waals surface area contributed by atoms with E-state index >= 15 is 0 Å². The highest BCUT2D eigenvalue weighted by molar-refractivity contribution is 6.30. The number of hydrogen-bond acceptors (Lipinski definition) is 6. The van der Waals surface area contributed by atoms with Crippen molar-refractivity contribution in [1.82, 2.24) is 10.2 Å². The van der Waals surface area contributed by atoms with Crippen molar-refractivity contribution in [3.8, 4) is 11.5 Å². The van der Waals surface area contributed by atoms with E-state index in [0.717, 1.165) is 11.4 Å². The summed E-state index contributed by atoms with van der Waals surface area (Å²) >= 11 is 5.88. The molecule has 142 valence electrons. The van der Waals surface area contributed by atoms with Crippen molar-refractivity contribution >= 4 is 29.0 Å². The summed E-state index contributed by atoms with van der Waals surface area (Å²) in [5, 5.41) is 14.7. The fourth-order valence-electron chi connectivity index (χ4n) is 2.70. The van der Waals surface area contributed by atoms with Crippen molar-refractivity contribution in [2.75, 3.05) is 24.0 Å². The summed E-state index contributed by atoms with van der Waals surface area (Å²) in [5.74, 6) is 1.52. The lowest BCUT2D eigenvalue weighted by Crippen LogP contribution is -2.15. The molecule has 0 saturated heterocycles. The van der Waals surface area contributed by atoms with Gasteiger partial charge in [-0.2, -0.15) is 0 Å². The molecule has 0 spiro atoms. The first-order chi connectivity index (χ1) is 13.7. The molecule has 2 N–H and O–H groups in total. The molecule has 0 radical (unpaired) electrons. The quantitative estimate of drug-likeness (QED) is 0.659. The highest BCUT2D eigenvalue weighted by Crippen LogP contribution is 2.34. The van der Waals surface area contributed by atoms with Gasteiger partial charge in [-0.1, -0.05) is 23.7 Å². The average molecular weight is 397 g/mol. The van der Waals surface area contributed by atoms with Crippen LogP contribution in [0.4, 0.5) is 11.5 Å². The molecule has 3 aromatic rings. The van der Waals surface area contributed by atoms with Gasteiger partial charge in [0.05, 0.1) is 0 Å². The summed E-state index contributed by atoms with van der Waals surface area (Å²) in [6.45, 7) is 0.879. The number of nitrogens with zero attached hydrogens (tertiary/aromatic N) is 2. The van der Waals surface area contributed by atoms with E-state index in [1.807, 2.05) is 24.3 Å². The van der Waals surface area contributed by atoms with Crippen molar-refractivity contribution in [2.45, 2.75) is 6.42 Å². The lowest BCUT2D eigenvalue weighted by atomic mass is 10.1. The maximum Gasteiger partial charge on any atom is 0.276 e. The van der Waals surface area contributed by atoms with Gasteiger partial charge in [0.15, 0.2) is 17.2 Å². The van der Waals surface area contributed by atoms with Gasteiger partial charge in [-0.15, -0.1) is 10.2 Å². The minimum Gasteiger partial charge on any atom is -0.454 e. The van der Waals surface area contributed by atoms with Gasteiger partial charge in [0.25, 0.3) is 5.91 Å². The number of rotatable bonds is 6. The Bertz CT molecular complexity index is 978. The minimum atomic E-state index is -0.348. The van der Waals surface area contributed by atoms with E-state index in [1.54, 1.807) is 30.3 Å². The molecule has 2 heterocycles. The Balaban J connectivity index is 1.31. The normalized spacial score (nSPS) is 11.9.